The summed E-state index contributed by atoms with van der Waals surface area (Å²) in [7, 11) is -3.38. The second-order valence-corrected chi connectivity index (χ2v) is 6.88. The minimum absolute atomic E-state index is 0.374. The number of hydrogen-bond acceptors (Lipinski definition) is 2. The third-order valence-corrected chi connectivity index (χ3v) is 4.86. The number of aryl methyl sites for hydroxylation is 2. The lowest BCUT2D eigenvalue weighted by molar-refractivity contribution is 0.573. The number of hydrogen-bond donors (Lipinski definition) is 1. The number of sulfonamides is 1. The van der Waals surface area contributed by atoms with Gasteiger partial charge >= 0.3 is 0 Å². The van der Waals surface area contributed by atoms with Gasteiger partial charge in [0.1, 0.15) is 0 Å². The van der Waals surface area contributed by atoms with Crippen LogP contribution in [0.25, 0.3) is 0 Å². The highest BCUT2D eigenvalue weighted by atomic mass is 35.5. The molecule has 0 amide bonds. The van der Waals surface area contributed by atoms with Crippen LogP contribution in [0.15, 0.2) is 23.1 Å². The van der Waals surface area contributed by atoms with E-state index in [4.69, 9.17) is 11.6 Å². The van der Waals surface area contributed by atoms with Crippen molar-refractivity contribution in [3.05, 3.63) is 29.3 Å². The van der Waals surface area contributed by atoms with Crippen LogP contribution in [0.5, 0.6) is 0 Å². The lowest BCUT2D eigenvalue weighted by Crippen LogP contribution is -2.25. The lowest BCUT2D eigenvalue weighted by Gasteiger charge is -2.09. The Morgan fingerprint density at radius 2 is 1.79 bits per heavy atom. The molecule has 0 saturated heterocycles. The fraction of sp³-hybridized carbons (Fsp3) is 0.571. The van der Waals surface area contributed by atoms with Gasteiger partial charge in [-0.2, -0.15) is 0 Å². The Bertz CT molecular complexity index is 500. The quantitative estimate of drug-likeness (QED) is 0.591. The van der Waals surface area contributed by atoms with Crippen LogP contribution < -0.4 is 4.72 Å². The Hall–Kier alpha value is -0.580. The molecular formula is C14H22ClNO2S. The molecule has 0 saturated carbocycles. The number of nitrogens with one attached hydrogen (secondary N) is 1. The minimum Gasteiger partial charge on any atom is -0.211 e. The molecule has 1 aromatic carbocycles. The van der Waals surface area contributed by atoms with E-state index in [0.717, 1.165) is 36.8 Å². The van der Waals surface area contributed by atoms with Gasteiger partial charge in [-0.1, -0.05) is 30.5 Å². The highest BCUT2D eigenvalue weighted by Gasteiger charge is 2.15. The van der Waals surface area contributed by atoms with Crippen molar-refractivity contribution in [3.63, 3.8) is 0 Å². The first-order valence-electron chi connectivity index (χ1n) is 6.60. The van der Waals surface area contributed by atoms with Gasteiger partial charge in [-0.3, -0.25) is 0 Å². The molecule has 108 valence electrons. The summed E-state index contributed by atoms with van der Waals surface area (Å²) in [4.78, 5) is 0.374. The van der Waals surface area contributed by atoms with Crippen LogP contribution in [-0.4, -0.2) is 20.8 Å². The van der Waals surface area contributed by atoms with E-state index in [1.807, 2.05) is 26.0 Å². The molecule has 3 nitrogen and oxygen atoms in total. The monoisotopic (exact) mass is 303 g/mol. The van der Waals surface area contributed by atoms with E-state index in [-0.39, 0.29) is 0 Å². The average molecular weight is 304 g/mol. The molecule has 5 heteroatoms. The first kappa shape index (κ1) is 16.5. The minimum atomic E-state index is -3.38. The standard InChI is InChI=1S/C14H22ClNO2S/c1-12-7-8-14(13(2)11-12)19(17,18)16-10-6-4-3-5-9-15/h7-8,11,16H,3-6,9-10H2,1-2H3. The third kappa shape index (κ3) is 5.51. The van der Waals surface area contributed by atoms with Crippen molar-refractivity contribution in [2.45, 2.75) is 44.4 Å². The maximum Gasteiger partial charge on any atom is 0.240 e. The van der Waals surface area contributed by atoms with E-state index in [2.05, 4.69) is 4.72 Å². The van der Waals surface area contributed by atoms with E-state index < -0.39 is 10.0 Å². The second kappa shape index (κ2) is 7.88. The van der Waals surface area contributed by atoms with E-state index in [0.29, 0.717) is 17.3 Å². The summed E-state index contributed by atoms with van der Waals surface area (Å²) in [5.74, 6) is 0.675. The van der Waals surface area contributed by atoms with Crippen molar-refractivity contribution in [1.29, 1.82) is 0 Å². The van der Waals surface area contributed by atoms with Crippen LogP contribution >= 0.6 is 11.6 Å². The topological polar surface area (TPSA) is 46.2 Å². The molecule has 0 spiro atoms. The number of benzene rings is 1. The Kier molecular flexibility index (Phi) is 6.83. The average Bonchev–Trinajstić information content (AvgIpc) is 2.33. The Morgan fingerprint density at radius 3 is 2.42 bits per heavy atom. The number of halogens is 1. The van der Waals surface area contributed by atoms with E-state index in [1.165, 1.54) is 0 Å². The van der Waals surface area contributed by atoms with Gasteiger partial charge in [0.15, 0.2) is 0 Å². The summed E-state index contributed by atoms with van der Waals surface area (Å²) in [5, 5.41) is 0. The molecule has 0 bridgehead atoms. The van der Waals surface area contributed by atoms with Gasteiger partial charge in [-0.25, -0.2) is 13.1 Å². The van der Waals surface area contributed by atoms with Crippen molar-refractivity contribution in [2.75, 3.05) is 12.4 Å². The molecule has 0 radical (unpaired) electrons. The maximum atomic E-state index is 12.1. The van der Waals surface area contributed by atoms with E-state index in [9.17, 15) is 8.42 Å². The van der Waals surface area contributed by atoms with E-state index >= 15 is 0 Å². The summed E-state index contributed by atoms with van der Waals surface area (Å²) >= 11 is 5.59. The van der Waals surface area contributed by atoms with E-state index in [1.54, 1.807) is 6.07 Å². The summed E-state index contributed by atoms with van der Waals surface area (Å²) in [6.45, 7) is 4.26. The number of unbranched alkanes of at least 4 members (excludes halogenated alkanes) is 3. The summed E-state index contributed by atoms with van der Waals surface area (Å²) < 4.78 is 26.9. The Labute approximate surface area is 121 Å². The third-order valence-electron chi connectivity index (χ3n) is 2.97. The highest BCUT2D eigenvalue weighted by molar-refractivity contribution is 7.89. The molecule has 1 aromatic rings. The predicted molar refractivity (Wildman–Crippen MR) is 80.3 cm³/mol. The zero-order valence-electron chi connectivity index (χ0n) is 11.6. The van der Waals surface area contributed by atoms with Gasteiger partial charge in [0.05, 0.1) is 4.90 Å². The van der Waals surface area contributed by atoms with Crippen LogP contribution in [0.1, 0.15) is 36.8 Å². The molecule has 0 atom stereocenters. The normalized spacial score (nSPS) is 11.7. The van der Waals surface area contributed by atoms with Crippen molar-refractivity contribution in [1.82, 2.24) is 4.72 Å². The van der Waals surface area contributed by atoms with Gasteiger partial charge in [-0.15, -0.1) is 11.6 Å². The Balaban J connectivity index is 2.52. The van der Waals surface area contributed by atoms with Crippen molar-refractivity contribution < 1.29 is 8.42 Å². The maximum absolute atomic E-state index is 12.1. The summed E-state index contributed by atoms with van der Waals surface area (Å²) in [5.41, 5.74) is 1.85. The molecule has 0 fully saturated rings. The largest absolute Gasteiger partial charge is 0.240 e. The number of alkyl halides is 1. The van der Waals surface area contributed by atoms with Gasteiger partial charge in [-0.05, 0) is 38.3 Å². The first-order chi connectivity index (χ1) is 8.97. The molecule has 0 aliphatic carbocycles. The number of rotatable bonds is 8. The zero-order chi connectivity index (χ0) is 14.3. The molecule has 1 rings (SSSR count). The van der Waals surface area contributed by atoms with Crippen LogP contribution in [0, 0.1) is 13.8 Å². The molecule has 0 unspecified atom stereocenters. The summed E-state index contributed by atoms with van der Waals surface area (Å²) in [6.07, 6.45) is 3.89. The lowest BCUT2D eigenvalue weighted by atomic mass is 10.2. The molecule has 0 aromatic heterocycles. The van der Waals surface area contributed by atoms with Crippen molar-refractivity contribution in [3.8, 4) is 0 Å². The predicted octanol–water partition coefficient (Wildman–Crippen LogP) is 3.38. The zero-order valence-corrected chi connectivity index (χ0v) is 13.1. The van der Waals surface area contributed by atoms with Crippen molar-refractivity contribution >= 4 is 21.6 Å². The highest BCUT2D eigenvalue weighted by Crippen LogP contribution is 2.16. The molecule has 0 aliphatic rings. The van der Waals surface area contributed by atoms with Crippen LogP contribution in [-0.2, 0) is 10.0 Å². The van der Waals surface area contributed by atoms with Gasteiger partial charge in [0.25, 0.3) is 0 Å². The molecule has 0 aliphatic heterocycles. The summed E-state index contributed by atoms with van der Waals surface area (Å²) in [6, 6.07) is 5.37. The van der Waals surface area contributed by atoms with Gasteiger partial charge < -0.3 is 0 Å². The SMILES string of the molecule is Cc1ccc(S(=O)(=O)NCCCCCCCl)c(C)c1. The van der Waals surface area contributed by atoms with Crippen molar-refractivity contribution in [2.24, 2.45) is 0 Å². The second-order valence-electron chi connectivity index (χ2n) is 4.77. The smallest absolute Gasteiger partial charge is 0.211 e. The van der Waals surface area contributed by atoms with Gasteiger partial charge in [0.2, 0.25) is 10.0 Å². The molecular weight excluding hydrogens is 282 g/mol. The molecule has 1 N–H and O–H groups in total. The Morgan fingerprint density at radius 1 is 1.11 bits per heavy atom. The van der Waals surface area contributed by atoms with Crippen LogP contribution in [0.2, 0.25) is 0 Å². The van der Waals surface area contributed by atoms with Crippen LogP contribution in [0.3, 0.4) is 0 Å². The first-order valence-corrected chi connectivity index (χ1v) is 8.62. The molecule has 0 heterocycles. The fourth-order valence-electron chi connectivity index (χ4n) is 1.96. The van der Waals surface area contributed by atoms with Crippen LogP contribution in [0.4, 0.5) is 0 Å². The fourth-order valence-corrected chi connectivity index (χ4v) is 3.45. The molecule has 19 heavy (non-hydrogen) atoms. The van der Waals surface area contributed by atoms with Gasteiger partial charge in [0, 0.05) is 12.4 Å².